The number of oxazole rings is 1. The lowest BCUT2D eigenvalue weighted by Gasteiger charge is -2.01. The molecule has 0 fully saturated rings. The molecule has 15 heavy (non-hydrogen) atoms. The van der Waals surface area contributed by atoms with E-state index in [1.165, 1.54) is 0 Å². The Bertz CT molecular complexity index is 309. The quantitative estimate of drug-likeness (QED) is 0.709. The molecule has 84 valence electrons. The third-order valence-corrected chi connectivity index (χ3v) is 1.80. The molecule has 0 aliphatic heterocycles. The fourth-order valence-electron chi connectivity index (χ4n) is 1.08. The molecule has 1 rings (SSSR count). The highest BCUT2D eigenvalue weighted by Crippen LogP contribution is 2.03. The second-order valence-corrected chi connectivity index (χ2v) is 2.98. The number of ether oxygens (including phenoxy) is 1. The average Bonchev–Trinajstić information content (AvgIpc) is 2.66. The lowest BCUT2D eigenvalue weighted by molar-refractivity contribution is -0.142. The van der Waals surface area contributed by atoms with Crippen molar-refractivity contribution in [1.82, 2.24) is 10.3 Å². The molecule has 5 heteroatoms. The van der Waals surface area contributed by atoms with Gasteiger partial charge in [-0.05, 0) is 6.92 Å². The highest BCUT2D eigenvalue weighted by Gasteiger charge is 2.04. The summed E-state index contributed by atoms with van der Waals surface area (Å²) in [6, 6.07) is 0. The minimum atomic E-state index is -0.264. The van der Waals surface area contributed by atoms with E-state index in [2.05, 4.69) is 10.3 Å². The van der Waals surface area contributed by atoms with Crippen LogP contribution in [-0.4, -0.2) is 24.1 Å². The number of aromatic nitrogens is 1. The van der Waals surface area contributed by atoms with Crippen LogP contribution in [-0.2, 0) is 22.5 Å². The minimum absolute atomic E-state index is 0.178. The van der Waals surface area contributed by atoms with Crippen LogP contribution in [0.3, 0.4) is 0 Å². The number of carbonyl (C=O) groups is 1. The summed E-state index contributed by atoms with van der Waals surface area (Å²) in [5.41, 5.74) is 0. The van der Waals surface area contributed by atoms with E-state index in [1.54, 1.807) is 13.1 Å². The molecule has 0 unspecified atom stereocenters. The lowest BCUT2D eigenvalue weighted by atomic mass is 10.4. The van der Waals surface area contributed by atoms with Crippen molar-refractivity contribution < 1.29 is 13.9 Å². The lowest BCUT2D eigenvalue weighted by Crippen LogP contribution is -2.24. The van der Waals surface area contributed by atoms with Crippen molar-refractivity contribution in [3.05, 3.63) is 17.8 Å². The predicted molar refractivity (Wildman–Crippen MR) is 54.2 cm³/mol. The summed E-state index contributed by atoms with van der Waals surface area (Å²) in [5.74, 6) is 1.18. The monoisotopic (exact) mass is 212 g/mol. The first-order valence-electron chi connectivity index (χ1n) is 5.06. The molecule has 1 aromatic rings. The SMILES string of the molecule is CCOC(=O)CNCc1ncc(CC)o1. The first kappa shape index (κ1) is 11.7. The molecule has 0 aliphatic rings. The maximum Gasteiger partial charge on any atom is 0.319 e. The van der Waals surface area contributed by atoms with Crippen LogP contribution in [0.4, 0.5) is 0 Å². The fourth-order valence-corrected chi connectivity index (χ4v) is 1.08. The van der Waals surface area contributed by atoms with Crippen LogP contribution in [0.15, 0.2) is 10.6 Å². The number of rotatable bonds is 6. The summed E-state index contributed by atoms with van der Waals surface area (Å²) in [6.07, 6.45) is 2.52. The van der Waals surface area contributed by atoms with Crippen molar-refractivity contribution in [3.8, 4) is 0 Å². The summed E-state index contributed by atoms with van der Waals surface area (Å²) in [6.45, 7) is 4.80. The van der Waals surface area contributed by atoms with Gasteiger partial charge in [-0.1, -0.05) is 6.92 Å². The first-order chi connectivity index (χ1) is 7.26. The minimum Gasteiger partial charge on any atom is -0.465 e. The molecule has 5 nitrogen and oxygen atoms in total. The van der Waals surface area contributed by atoms with Crippen molar-refractivity contribution in [2.75, 3.05) is 13.2 Å². The first-order valence-corrected chi connectivity index (χ1v) is 5.06. The summed E-state index contributed by atoms with van der Waals surface area (Å²) < 4.78 is 10.1. The Kier molecular flexibility index (Phi) is 4.83. The van der Waals surface area contributed by atoms with E-state index in [-0.39, 0.29) is 12.5 Å². The normalized spacial score (nSPS) is 10.3. The van der Waals surface area contributed by atoms with Crippen LogP contribution in [0.5, 0.6) is 0 Å². The van der Waals surface area contributed by atoms with E-state index in [9.17, 15) is 4.79 Å². The molecule has 0 saturated carbocycles. The molecule has 0 aromatic carbocycles. The molecule has 1 N–H and O–H groups in total. The molecule has 0 radical (unpaired) electrons. The second kappa shape index (κ2) is 6.19. The van der Waals surface area contributed by atoms with Crippen LogP contribution < -0.4 is 5.32 Å². The average molecular weight is 212 g/mol. The maximum atomic E-state index is 11.0. The van der Waals surface area contributed by atoms with Crippen molar-refractivity contribution in [2.24, 2.45) is 0 Å². The summed E-state index contributed by atoms with van der Waals surface area (Å²) in [5, 5.41) is 2.89. The van der Waals surface area contributed by atoms with Crippen LogP contribution in [0, 0.1) is 0 Å². The molecule has 0 atom stereocenters. The zero-order chi connectivity index (χ0) is 11.1. The Morgan fingerprint density at radius 1 is 1.60 bits per heavy atom. The van der Waals surface area contributed by atoms with Gasteiger partial charge in [-0.25, -0.2) is 4.98 Å². The standard InChI is InChI=1S/C10H16N2O3/c1-3-8-5-12-9(15-8)6-11-7-10(13)14-4-2/h5,11H,3-4,6-7H2,1-2H3. The Labute approximate surface area is 88.8 Å². The Morgan fingerprint density at radius 3 is 3.00 bits per heavy atom. The molecule has 0 bridgehead atoms. The van der Waals surface area contributed by atoms with Gasteiger partial charge >= 0.3 is 5.97 Å². The fraction of sp³-hybridized carbons (Fsp3) is 0.600. The van der Waals surface area contributed by atoms with E-state index < -0.39 is 0 Å². The van der Waals surface area contributed by atoms with Crippen LogP contribution in [0.2, 0.25) is 0 Å². The van der Waals surface area contributed by atoms with Gasteiger partial charge in [0.2, 0.25) is 5.89 Å². The van der Waals surface area contributed by atoms with Crippen molar-refractivity contribution >= 4 is 5.97 Å². The molecule has 0 saturated heterocycles. The van der Waals surface area contributed by atoms with E-state index in [1.807, 2.05) is 6.92 Å². The van der Waals surface area contributed by atoms with Gasteiger partial charge in [-0.2, -0.15) is 0 Å². The number of esters is 1. The molecule has 0 spiro atoms. The van der Waals surface area contributed by atoms with Gasteiger partial charge in [0.15, 0.2) is 0 Å². The smallest absolute Gasteiger partial charge is 0.319 e. The van der Waals surface area contributed by atoms with Crippen molar-refractivity contribution in [2.45, 2.75) is 26.8 Å². The zero-order valence-corrected chi connectivity index (χ0v) is 9.08. The zero-order valence-electron chi connectivity index (χ0n) is 9.08. The second-order valence-electron chi connectivity index (χ2n) is 2.98. The Balaban J connectivity index is 2.22. The predicted octanol–water partition coefficient (Wildman–Crippen LogP) is 0.890. The topological polar surface area (TPSA) is 64.4 Å². The Hall–Kier alpha value is -1.36. The number of aryl methyl sites for hydroxylation is 1. The maximum absolute atomic E-state index is 11.0. The molecular formula is C10H16N2O3. The van der Waals surface area contributed by atoms with Gasteiger partial charge in [0.1, 0.15) is 5.76 Å². The molecule has 1 aromatic heterocycles. The third kappa shape index (κ3) is 4.12. The van der Waals surface area contributed by atoms with Crippen molar-refractivity contribution in [1.29, 1.82) is 0 Å². The number of hydrogen-bond acceptors (Lipinski definition) is 5. The largest absolute Gasteiger partial charge is 0.465 e. The van der Waals surface area contributed by atoms with Crippen molar-refractivity contribution in [3.63, 3.8) is 0 Å². The molecule has 0 aliphatic carbocycles. The summed E-state index contributed by atoms with van der Waals surface area (Å²) >= 11 is 0. The molecule has 0 amide bonds. The van der Waals surface area contributed by atoms with Gasteiger partial charge in [-0.15, -0.1) is 0 Å². The van der Waals surface area contributed by atoms with Gasteiger partial charge in [-0.3, -0.25) is 10.1 Å². The van der Waals surface area contributed by atoms with E-state index in [4.69, 9.17) is 9.15 Å². The number of nitrogens with zero attached hydrogens (tertiary/aromatic N) is 1. The Morgan fingerprint density at radius 2 is 2.40 bits per heavy atom. The summed E-state index contributed by atoms with van der Waals surface area (Å²) in [7, 11) is 0. The molecule has 1 heterocycles. The molecular weight excluding hydrogens is 196 g/mol. The van der Waals surface area contributed by atoms with Gasteiger partial charge in [0, 0.05) is 6.42 Å². The number of hydrogen-bond donors (Lipinski definition) is 1. The van der Waals surface area contributed by atoms with Crippen LogP contribution in [0.25, 0.3) is 0 Å². The number of nitrogens with one attached hydrogen (secondary N) is 1. The highest BCUT2D eigenvalue weighted by atomic mass is 16.5. The highest BCUT2D eigenvalue weighted by molar-refractivity contribution is 5.71. The number of carbonyl (C=O) groups excluding carboxylic acids is 1. The third-order valence-electron chi connectivity index (χ3n) is 1.80. The van der Waals surface area contributed by atoms with Gasteiger partial charge < -0.3 is 9.15 Å². The van der Waals surface area contributed by atoms with E-state index >= 15 is 0 Å². The van der Waals surface area contributed by atoms with Crippen LogP contribution >= 0.6 is 0 Å². The van der Waals surface area contributed by atoms with Gasteiger partial charge in [0.25, 0.3) is 0 Å². The van der Waals surface area contributed by atoms with Gasteiger partial charge in [0.05, 0.1) is 25.9 Å². The summed E-state index contributed by atoms with van der Waals surface area (Å²) in [4.78, 5) is 15.0. The van der Waals surface area contributed by atoms with E-state index in [0.29, 0.717) is 19.0 Å². The van der Waals surface area contributed by atoms with E-state index in [0.717, 1.165) is 12.2 Å². The van der Waals surface area contributed by atoms with Crippen LogP contribution in [0.1, 0.15) is 25.5 Å².